The molecule has 0 amide bonds. The number of rotatable bonds is 2. The van der Waals surface area contributed by atoms with E-state index in [1.807, 2.05) is 6.26 Å². The van der Waals surface area contributed by atoms with Crippen molar-refractivity contribution in [2.75, 3.05) is 6.26 Å². The van der Waals surface area contributed by atoms with Crippen LogP contribution < -0.4 is 5.56 Å². The van der Waals surface area contributed by atoms with Crippen molar-refractivity contribution in [1.82, 2.24) is 14.5 Å². The third kappa shape index (κ3) is 2.29. The predicted octanol–water partition coefficient (Wildman–Crippen LogP) is 2.78. The Morgan fingerprint density at radius 3 is 2.57 bits per heavy atom. The molecule has 0 unspecified atom stereocenters. The molecule has 0 saturated heterocycles. The Hall–Kier alpha value is -2.28. The van der Waals surface area contributed by atoms with Crippen molar-refractivity contribution >= 4 is 22.7 Å². The summed E-state index contributed by atoms with van der Waals surface area (Å²) in [5, 5.41) is 0.731. The number of pyridine rings is 1. The van der Waals surface area contributed by atoms with Crippen LogP contribution in [0.1, 0.15) is 0 Å². The van der Waals surface area contributed by atoms with E-state index in [4.69, 9.17) is 0 Å². The van der Waals surface area contributed by atoms with E-state index in [-0.39, 0.29) is 5.39 Å². The van der Waals surface area contributed by atoms with E-state index < -0.39 is 22.9 Å². The second kappa shape index (κ2) is 5.25. The van der Waals surface area contributed by atoms with Crippen LogP contribution in [0.2, 0.25) is 0 Å². The van der Waals surface area contributed by atoms with E-state index in [0.29, 0.717) is 10.7 Å². The molecule has 2 heterocycles. The lowest BCUT2D eigenvalue weighted by Crippen LogP contribution is -2.20. The second-order valence-electron chi connectivity index (χ2n) is 4.22. The molecule has 0 aliphatic heterocycles. The lowest BCUT2D eigenvalue weighted by molar-refractivity contribution is 0.567. The molecule has 0 bridgehead atoms. The molecule has 7 heteroatoms. The molecule has 0 fully saturated rings. The quantitative estimate of drug-likeness (QED) is 0.539. The maximum absolute atomic E-state index is 13.8. The minimum Gasteiger partial charge on any atom is -0.278 e. The number of hydrogen-bond donors (Lipinski definition) is 0. The molecule has 21 heavy (non-hydrogen) atoms. The van der Waals surface area contributed by atoms with Crippen molar-refractivity contribution in [1.29, 1.82) is 0 Å². The Kier molecular flexibility index (Phi) is 3.42. The van der Waals surface area contributed by atoms with E-state index in [2.05, 4.69) is 9.97 Å². The van der Waals surface area contributed by atoms with Gasteiger partial charge < -0.3 is 0 Å². The Morgan fingerprint density at radius 1 is 1.19 bits per heavy atom. The van der Waals surface area contributed by atoms with Gasteiger partial charge in [0.1, 0.15) is 17.3 Å². The Labute approximate surface area is 122 Å². The van der Waals surface area contributed by atoms with Crippen molar-refractivity contribution in [3.63, 3.8) is 0 Å². The molecule has 0 atom stereocenters. The van der Waals surface area contributed by atoms with Crippen molar-refractivity contribution in [3.05, 3.63) is 58.6 Å². The van der Waals surface area contributed by atoms with Crippen LogP contribution in [0.25, 0.3) is 16.6 Å². The first-order chi connectivity index (χ1) is 10.1. The molecular weight excluding hydrogens is 296 g/mol. The smallest absolute Gasteiger partial charge is 0.266 e. The molecule has 2 aromatic heterocycles. The summed E-state index contributed by atoms with van der Waals surface area (Å²) in [4.78, 5) is 20.6. The normalized spacial score (nSPS) is 11.0. The molecule has 106 valence electrons. The van der Waals surface area contributed by atoms with Crippen molar-refractivity contribution in [3.8, 4) is 5.69 Å². The highest BCUT2D eigenvalue weighted by Crippen LogP contribution is 2.18. The van der Waals surface area contributed by atoms with E-state index in [1.165, 1.54) is 36.3 Å². The summed E-state index contributed by atoms with van der Waals surface area (Å²) in [7, 11) is 0. The van der Waals surface area contributed by atoms with Gasteiger partial charge in [0.05, 0.1) is 10.9 Å². The van der Waals surface area contributed by atoms with Crippen LogP contribution >= 0.6 is 11.8 Å². The fourth-order valence-electron chi connectivity index (χ4n) is 2.01. The Balaban J connectivity index is 2.31. The average Bonchev–Trinajstić information content (AvgIpc) is 2.49. The molecular formula is C14H9F2N3OS. The fourth-order valence-corrected chi connectivity index (χ4v) is 2.35. The summed E-state index contributed by atoms with van der Waals surface area (Å²) in [6.07, 6.45) is 4.49. The van der Waals surface area contributed by atoms with Gasteiger partial charge in [-0.15, -0.1) is 0 Å². The highest BCUT2D eigenvalue weighted by Gasteiger charge is 2.14. The number of fused-ring (bicyclic) bond motifs is 1. The van der Waals surface area contributed by atoms with Crippen molar-refractivity contribution in [2.24, 2.45) is 0 Å². The number of nitrogens with zero attached hydrogens (tertiary/aromatic N) is 3. The number of halogens is 2. The molecule has 0 saturated carbocycles. The summed E-state index contributed by atoms with van der Waals surface area (Å²) in [5.74, 6) is -1.61. The van der Waals surface area contributed by atoms with Gasteiger partial charge in [0, 0.05) is 12.4 Å². The lowest BCUT2D eigenvalue weighted by Gasteiger charge is -2.09. The lowest BCUT2D eigenvalue weighted by atomic mass is 10.2. The van der Waals surface area contributed by atoms with Crippen LogP contribution in [0.4, 0.5) is 8.78 Å². The number of thioether (sulfide) groups is 1. The number of hydrogen-bond acceptors (Lipinski definition) is 4. The molecule has 0 spiro atoms. The molecule has 0 aliphatic rings. The van der Waals surface area contributed by atoms with Gasteiger partial charge >= 0.3 is 0 Å². The van der Waals surface area contributed by atoms with Gasteiger partial charge in [-0.25, -0.2) is 18.7 Å². The van der Waals surface area contributed by atoms with Gasteiger partial charge in [-0.3, -0.25) is 9.36 Å². The largest absolute Gasteiger partial charge is 0.278 e. The molecule has 1 aromatic carbocycles. The van der Waals surface area contributed by atoms with Crippen molar-refractivity contribution < 1.29 is 8.78 Å². The molecule has 3 rings (SSSR count). The Morgan fingerprint density at radius 2 is 1.90 bits per heavy atom. The van der Waals surface area contributed by atoms with Crippen LogP contribution in [0.5, 0.6) is 0 Å². The van der Waals surface area contributed by atoms with Gasteiger partial charge in [0.15, 0.2) is 5.16 Å². The molecule has 4 nitrogen and oxygen atoms in total. The van der Waals surface area contributed by atoms with E-state index in [9.17, 15) is 13.6 Å². The van der Waals surface area contributed by atoms with Crippen LogP contribution in [-0.2, 0) is 0 Å². The maximum Gasteiger partial charge on any atom is 0.266 e. The van der Waals surface area contributed by atoms with E-state index in [0.717, 1.165) is 16.7 Å². The topological polar surface area (TPSA) is 47.8 Å². The molecule has 3 aromatic rings. The number of benzene rings is 1. The molecule has 0 aliphatic carbocycles. The Bertz CT molecular complexity index is 875. The van der Waals surface area contributed by atoms with Gasteiger partial charge in [0.2, 0.25) is 0 Å². The summed E-state index contributed by atoms with van der Waals surface area (Å²) in [5.41, 5.74) is -0.533. The summed E-state index contributed by atoms with van der Waals surface area (Å²) < 4.78 is 28.5. The fraction of sp³-hybridized carbons (Fsp3) is 0.0714. The van der Waals surface area contributed by atoms with Gasteiger partial charge in [-0.2, -0.15) is 0 Å². The highest BCUT2D eigenvalue weighted by atomic mass is 32.2. The first-order valence-corrected chi connectivity index (χ1v) is 7.21. The summed E-state index contributed by atoms with van der Waals surface area (Å²) in [6.45, 7) is 0. The third-order valence-electron chi connectivity index (χ3n) is 2.99. The predicted molar refractivity (Wildman–Crippen MR) is 76.8 cm³/mol. The zero-order valence-electron chi connectivity index (χ0n) is 10.9. The third-order valence-corrected chi connectivity index (χ3v) is 3.55. The van der Waals surface area contributed by atoms with Crippen LogP contribution in [-0.4, -0.2) is 20.8 Å². The van der Waals surface area contributed by atoms with Gasteiger partial charge in [0.25, 0.3) is 5.56 Å². The minimum atomic E-state index is -0.807. The monoisotopic (exact) mass is 305 g/mol. The van der Waals surface area contributed by atoms with E-state index >= 15 is 0 Å². The molecule has 0 radical (unpaired) electrons. The summed E-state index contributed by atoms with van der Waals surface area (Å²) in [6, 6.07) is 4.98. The van der Waals surface area contributed by atoms with E-state index in [1.54, 1.807) is 0 Å². The first-order valence-electron chi connectivity index (χ1n) is 5.98. The standard InChI is InChI=1S/C14H9F2N3OS/c1-21-14-17-7-8-11(18-14)5-6-19(13(8)20)12-9(15)3-2-4-10(12)16/h2-7H,1H3. The second-order valence-corrected chi connectivity index (χ2v) is 4.99. The van der Waals surface area contributed by atoms with Crippen LogP contribution in [0.15, 0.2) is 46.6 Å². The molecule has 0 N–H and O–H groups in total. The van der Waals surface area contributed by atoms with Gasteiger partial charge in [-0.05, 0) is 24.5 Å². The number of aromatic nitrogens is 3. The van der Waals surface area contributed by atoms with Gasteiger partial charge in [-0.1, -0.05) is 17.8 Å². The zero-order chi connectivity index (χ0) is 15.0. The summed E-state index contributed by atoms with van der Waals surface area (Å²) >= 11 is 1.34. The zero-order valence-corrected chi connectivity index (χ0v) is 11.7. The SMILES string of the molecule is CSc1ncc2c(=O)n(-c3c(F)cccc3F)ccc2n1. The van der Waals surface area contributed by atoms with Crippen molar-refractivity contribution in [2.45, 2.75) is 5.16 Å². The first kappa shape index (κ1) is 13.7. The highest BCUT2D eigenvalue weighted by molar-refractivity contribution is 7.98. The van der Waals surface area contributed by atoms with Crippen LogP contribution in [0, 0.1) is 11.6 Å². The minimum absolute atomic E-state index is 0.206. The number of para-hydroxylation sites is 1. The van der Waals surface area contributed by atoms with Crippen LogP contribution in [0.3, 0.4) is 0 Å². The average molecular weight is 305 g/mol. The maximum atomic E-state index is 13.8.